The predicted octanol–water partition coefficient (Wildman–Crippen LogP) is 11.9. The Kier molecular flexibility index (Phi) is 6.71. The van der Waals surface area contributed by atoms with Crippen molar-refractivity contribution in [2.24, 2.45) is 0 Å². The Bertz CT molecular complexity index is 2100. The molecule has 0 fully saturated rings. The van der Waals surface area contributed by atoms with Crippen LogP contribution in [0, 0.1) is 0 Å². The molecule has 0 saturated carbocycles. The first-order valence-corrected chi connectivity index (χ1v) is 15.6. The van der Waals surface area contributed by atoms with Crippen LogP contribution in [0.15, 0.2) is 170 Å². The number of thiophene rings is 1. The average molecular weight is 581 g/mol. The molecule has 0 aliphatic carbocycles. The SMILES string of the molecule is c1ccc(-c2ccc(N(c3ccc(-c4ccccc4)cc3)c3ccc(-c4cc5sc6ccccc6c5cn4)cc3)cc2)cc1. The third-order valence-corrected chi connectivity index (χ3v) is 9.28. The summed E-state index contributed by atoms with van der Waals surface area (Å²) < 4.78 is 2.56. The van der Waals surface area contributed by atoms with E-state index in [0.717, 1.165) is 28.3 Å². The van der Waals surface area contributed by atoms with Crippen molar-refractivity contribution >= 4 is 48.6 Å². The smallest absolute Gasteiger partial charge is 0.0716 e. The Balaban J connectivity index is 1.16. The van der Waals surface area contributed by atoms with Crippen LogP contribution in [0.2, 0.25) is 0 Å². The molecule has 0 aliphatic heterocycles. The first-order chi connectivity index (χ1) is 21.8. The minimum atomic E-state index is 0.988. The van der Waals surface area contributed by atoms with Gasteiger partial charge in [0.05, 0.1) is 5.69 Å². The van der Waals surface area contributed by atoms with E-state index in [1.807, 2.05) is 17.5 Å². The van der Waals surface area contributed by atoms with E-state index in [2.05, 4.69) is 169 Å². The van der Waals surface area contributed by atoms with Crippen LogP contribution in [-0.2, 0) is 0 Å². The summed E-state index contributed by atoms with van der Waals surface area (Å²) in [7, 11) is 0. The van der Waals surface area contributed by atoms with Crippen LogP contribution in [0.4, 0.5) is 17.1 Å². The number of rotatable bonds is 6. The van der Waals surface area contributed by atoms with Crippen LogP contribution in [0.25, 0.3) is 53.7 Å². The standard InChI is InChI=1S/C41H28N2S/c1-3-9-29(10-4-1)31-15-21-34(22-16-31)43(35-23-17-32(18-24-35)30-11-5-2-6-12-30)36-25-19-33(20-26-36)39-27-41-38(28-42-39)37-13-7-8-14-40(37)44-41/h1-28H. The van der Waals surface area contributed by atoms with Crippen molar-refractivity contribution in [3.05, 3.63) is 170 Å². The summed E-state index contributed by atoms with van der Waals surface area (Å²) in [6, 6.07) is 58.2. The molecule has 2 nitrogen and oxygen atoms in total. The van der Waals surface area contributed by atoms with Crippen molar-refractivity contribution in [2.45, 2.75) is 0 Å². The highest BCUT2D eigenvalue weighted by atomic mass is 32.1. The summed E-state index contributed by atoms with van der Waals surface area (Å²) in [4.78, 5) is 7.18. The Morgan fingerprint density at radius 1 is 0.386 bits per heavy atom. The molecular formula is C41H28N2S. The molecule has 0 aliphatic rings. The maximum atomic E-state index is 4.86. The van der Waals surface area contributed by atoms with Gasteiger partial charge in [0, 0.05) is 49.0 Å². The number of hydrogen-bond donors (Lipinski definition) is 0. The van der Waals surface area contributed by atoms with Crippen LogP contribution < -0.4 is 4.90 Å². The van der Waals surface area contributed by atoms with Crippen LogP contribution in [-0.4, -0.2) is 4.98 Å². The van der Waals surface area contributed by atoms with Crippen molar-refractivity contribution in [1.82, 2.24) is 4.98 Å². The van der Waals surface area contributed by atoms with Crippen molar-refractivity contribution in [1.29, 1.82) is 0 Å². The Hall–Kier alpha value is -5.51. The zero-order valence-electron chi connectivity index (χ0n) is 24.0. The van der Waals surface area contributed by atoms with Crippen molar-refractivity contribution in [3.8, 4) is 33.5 Å². The third-order valence-electron chi connectivity index (χ3n) is 8.15. The zero-order chi connectivity index (χ0) is 29.3. The molecule has 2 heterocycles. The molecule has 0 unspecified atom stereocenters. The molecule has 208 valence electrons. The summed E-state index contributed by atoms with van der Waals surface area (Å²) in [6.45, 7) is 0. The van der Waals surface area contributed by atoms with E-state index >= 15 is 0 Å². The highest BCUT2D eigenvalue weighted by molar-refractivity contribution is 7.25. The summed E-state index contributed by atoms with van der Waals surface area (Å²) >= 11 is 1.82. The Morgan fingerprint density at radius 2 is 0.841 bits per heavy atom. The first kappa shape index (κ1) is 26.1. The number of benzene rings is 6. The molecule has 0 N–H and O–H groups in total. The van der Waals surface area contributed by atoms with Gasteiger partial charge in [-0.3, -0.25) is 4.98 Å². The molecular weight excluding hydrogens is 553 g/mol. The monoisotopic (exact) mass is 580 g/mol. The number of anilines is 3. The lowest BCUT2D eigenvalue weighted by Crippen LogP contribution is -2.09. The van der Waals surface area contributed by atoms with Gasteiger partial charge in [-0.1, -0.05) is 115 Å². The van der Waals surface area contributed by atoms with Crippen LogP contribution in [0.1, 0.15) is 0 Å². The predicted molar refractivity (Wildman–Crippen MR) is 188 cm³/mol. The van der Waals surface area contributed by atoms with Gasteiger partial charge in [-0.25, -0.2) is 0 Å². The topological polar surface area (TPSA) is 16.1 Å². The van der Waals surface area contributed by atoms with Crippen molar-refractivity contribution in [3.63, 3.8) is 0 Å². The van der Waals surface area contributed by atoms with Crippen LogP contribution in [0.3, 0.4) is 0 Å². The fourth-order valence-electron chi connectivity index (χ4n) is 5.87. The van der Waals surface area contributed by atoms with Gasteiger partial charge in [0.1, 0.15) is 0 Å². The highest BCUT2D eigenvalue weighted by Gasteiger charge is 2.14. The second kappa shape index (κ2) is 11.3. The molecule has 2 aromatic heterocycles. The molecule has 0 bridgehead atoms. The largest absolute Gasteiger partial charge is 0.311 e. The highest BCUT2D eigenvalue weighted by Crippen LogP contribution is 2.39. The maximum Gasteiger partial charge on any atom is 0.0716 e. The summed E-state index contributed by atoms with van der Waals surface area (Å²) in [5, 5.41) is 2.49. The van der Waals surface area contributed by atoms with E-state index in [1.54, 1.807) is 0 Å². The van der Waals surface area contributed by atoms with Crippen LogP contribution in [0.5, 0.6) is 0 Å². The van der Waals surface area contributed by atoms with E-state index in [4.69, 9.17) is 4.98 Å². The number of nitrogens with zero attached hydrogens (tertiary/aromatic N) is 2. The van der Waals surface area contributed by atoms with Crippen molar-refractivity contribution < 1.29 is 0 Å². The molecule has 6 aromatic carbocycles. The molecule has 0 saturated heterocycles. The summed E-state index contributed by atoms with van der Waals surface area (Å²) in [5.41, 5.74) is 10.2. The molecule has 0 atom stereocenters. The van der Waals surface area contributed by atoms with Gasteiger partial charge < -0.3 is 4.90 Å². The van der Waals surface area contributed by atoms with Gasteiger partial charge in [-0.05, 0) is 70.8 Å². The van der Waals surface area contributed by atoms with E-state index in [1.165, 1.54) is 42.4 Å². The molecule has 8 aromatic rings. The fraction of sp³-hybridized carbons (Fsp3) is 0. The van der Waals surface area contributed by atoms with Gasteiger partial charge in [0.2, 0.25) is 0 Å². The minimum absolute atomic E-state index is 0.988. The minimum Gasteiger partial charge on any atom is -0.311 e. The number of aromatic nitrogens is 1. The first-order valence-electron chi connectivity index (χ1n) is 14.8. The average Bonchev–Trinajstić information content (AvgIpc) is 3.48. The molecule has 0 radical (unpaired) electrons. The number of hydrogen-bond acceptors (Lipinski definition) is 3. The van der Waals surface area contributed by atoms with Gasteiger partial charge in [-0.2, -0.15) is 0 Å². The second-order valence-electron chi connectivity index (χ2n) is 10.9. The third kappa shape index (κ3) is 4.94. The number of fused-ring (bicyclic) bond motifs is 3. The normalized spacial score (nSPS) is 11.2. The van der Waals surface area contributed by atoms with E-state index in [-0.39, 0.29) is 0 Å². The lowest BCUT2D eigenvalue weighted by molar-refractivity contribution is 1.28. The van der Waals surface area contributed by atoms with Gasteiger partial charge >= 0.3 is 0 Å². The quantitative estimate of drug-likeness (QED) is 0.194. The Labute approximate surface area is 261 Å². The molecule has 0 spiro atoms. The van der Waals surface area contributed by atoms with Gasteiger partial charge in [0.15, 0.2) is 0 Å². The maximum absolute atomic E-state index is 4.86. The van der Waals surface area contributed by atoms with Crippen LogP contribution >= 0.6 is 11.3 Å². The molecule has 0 amide bonds. The van der Waals surface area contributed by atoms with E-state index in [9.17, 15) is 0 Å². The summed E-state index contributed by atoms with van der Waals surface area (Å²) in [6.07, 6.45) is 2.02. The lowest BCUT2D eigenvalue weighted by atomic mass is 10.0. The van der Waals surface area contributed by atoms with Gasteiger partial charge in [0.25, 0.3) is 0 Å². The second-order valence-corrected chi connectivity index (χ2v) is 12.0. The fourth-order valence-corrected chi connectivity index (χ4v) is 6.99. The van der Waals surface area contributed by atoms with Gasteiger partial charge in [-0.15, -0.1) is 11.3 Å². The van der Waals surface area contributed by atoms with E-state index < -0.39 is 0 Å². The molecule has 8 rings (SSSR count). The lowest BCUT2D eigenvalue weighted by Gasteiger charge is -2.26. The molecule has 3 heteroatoms. The van der Waals surface area contributed by atoms with E-state index in [0.29, 0.717) is 0 Å². The Morgan fingerprint density at radius 3 is 1.39 bits per heavy atom. The zero-order valence-corrected chi connectivity index (χ0v) is 24.8. The molecule has 44 heavy (non-hydrogen) atoms. The number of pyridine rings is 1. The summed E-state index contributed by atoms with van der Waals surface area (Å²) in [5.74, 6) is 0. The van der Waals surface area contributed by atoms with Crippen molar-refractivity contribution in [2.75, 3.05) is 4.90 Å².